The minimum Gasteiger partial charge on any atom is -0.384 e. The van der Waals surface area contributed by atoms with Gasteiger partial charge in [0.25, 0.3) is 5.91 Å². The Bertz CT molecular complexity index is 1280. The van der Waals surface area contributed by atoms with Gasteiger partial charge in [-0.2, -0.15) is 31.6 Å². The maximum atomic E-state index is 14.5. The maximum Gasteiger partial charge on any atom is 0.417 e. The maximum absolute atomic E-state index is 14.5. The second kappa shape index (κ2) is 9.45. The van der Waals surface area contributed by atoms with Gasteiger partial charge >= 0.3 is 12.4 Å². The smallest absolute Gasteiger partial charge is 0.384 e. The van der Waals surface area contributed by atoms with E-state index >= 15 is 0 Å². The molecule has 2 aromatic rings. The first-order valence-corrected chi connectivity index (χ1v) is 10.3. The van der Waals surface area contributed by atoms with Crippen LogP contribution in [-0.4, -0.2) is 28.3 Å². The van der Waals surface area contributed by atoms with Crippen molar-refractivity contribution in [2.45, 2.75) is 42.6 Å². The van der Waals surface area contributed by atoms with Crippen molar-refractivity contribution in [3.8, 4) is 17.9 Å². The number of nitriles is 1. The van der Waals surface area contributed by atoms with E-state index in [0.29, 0.717) is 24.3 Å². The van der Waals surface area contributed by atoms with Crippen molar-refractivity contribution in [1.82, 2.24) is 0 Å². The number of nitrogens with one attached hydrogen (secondary N) is 1. The highest BCUT2D eigenvalue weighted by molar-refractivity contribution is 6.00. The van der Waals surface area contributed by atoms with Crippen molar-refractivity contribution in [2.24, 2.45) is 0 Å². The quantitative estimate of drug-likeness (QED) is 0.404. The average molecular weight is 514 g/mol. The van der Waals surface area contributed by atoms with Gasteiger partial charge in [-0.05, 0) is 54.8 Å². The van der Waals surface area contributed by atoms with Crippen LogP contribution in [0.15, 0.2) is 36.4 Å². The number of alkyl halides is 6. The third kappa shape index (κ3) is 5.61. The first kappa shape index (κ1) is 27.0. The van der Waals surface area contributed by atoms with Crippen LogP contribution in [-0.2, 0) is 22.6 Å². The largest absolute Gasteiger partial charge is 0.417 e. The lowest BCUT2D eigenvalue weighted by Gasteiger charge is -2.28. The van der Waals surface area contributed by atoms with Crippen molar-refractivity contribution in [1.29, 1.82) is 5.26 Å². The minimum absolute atomic E-state index is 0.0940. The zero-order chi connectivity index (χ0) is 26.9. The zero-order valence-electron chi connectivity index (χ0n) is 18.2. The highest BCUT2D eigenvalue weighted by Crippen LogP contribution is 2.55. The van der Waals surface area contributed by atoms with Crippen LogP contribution in [0.3, 0.4) is 0 Å². The van der Waals surface area contributed by atoms with Crippen LogP contribution >= 0.6 is 0 Å². The minimum atomic E-state index is -4.93. The highest BCUT2D eigenvalue weighted by Gasteiger charge is 2.54. The number of carbonyl (C=O) groups is 1. The number of hydrogen-bond donors (Lipinski definition) is 3. The molecule has 0 bridgehead atoms. The van der Waals surface area contributed by atoms with Crippen molar-refractivity contribution in [3.05, 3.63) is 64.5 Å². The van der Waals surface area contributed by atoms with Gasteiger partial charge in [-0.25, -0.2) is 4.39 Å². The summed E-state index contributed by atoms with van der Waals surface area (Å²) < 4.78 is 93.8. The Labute approximate surface area is 200 Å². The SMILES string of the molecule is N#Cc1ccc(NC(=O)C(O)(C#CCO)CC2(c3cc(C(F)(F)F)ccc3F)CC2)cc1C(F)(F)F. The normalized spacial score (nSPS) is 16.2. The molecule has 2 aromatic carbocycles. The van der Waals surface area contributed by atoms with Gasteiger partial charge in [-0.15, -0.1) is 0 Å². The van der Waals surface area contributed by atoms with E-state index in [1.165, 1.54) is 6.07 Å². The lowest BCUT2D eigenvalue weighted by Crippen LogP contribution is -2.44. The van der Waals surface area contributed by atoms with Crippen LogP contribution in [0.1, 0.15) is 41.5 Å². The molecule has 1 atom stereocenters. The summed E-state index contributed by atoms with van der Waals surface area (Å²) in [4.78, 5) is 12.9. The Morgan fingerprint density at radius 3 is 2.25 bits per heavy atom. The predicted octanol–water partition coefficient (Wildman–Crippen LogP) is 4.52. The molecule has 1 saturated carbocycles. The molecule has 36 heavy (non-hydrogen) atoms. The third-order valence-electron chi connectivity index (χ3n) is 5.77. The molecule has 3 N–H and O–H groups in total. The van der Waals surface area contributed by atoms with Crippen LogP contribution in [0, 0.1) is 29.0 Å². The Morgan fingerprint density at radius 2 is 1.72 bits per heavy atom. The van der Waals surface area contributed by atoms with E-state index in [9.17, 15) is 40.6 Å². The molecule has 1 aliphatic carbocycles. The lowest BCUT2D eigenvalue weighted by atomic mass is 9.82. The number of nitrogens with zero attached hydrogens (tertiary/aromatic N) is 1. The Kier molecular flexibility index (Phi) is 7.08. The summed E-state index contributed by atoms with van der Waals surface area (Å²) in [6.45, 7) is -0.824. The molecule has 5 nitrogen and oxygen atoms in total. The monoisotopic (exact) mass is 514 g/mol. The molecule has 0 heterocycles. The molecule has 1 amide bonds. The molecule has 12 heteroatoms. The third-order valence-corrected chi connectivity index (χ3v) is 5.77. The molecule has 0 aromatic heterocycles. The van der Waals surface area contributed by atoms with E-state index in [2.05, 4.69) is 17.2 Å². The van der Waals surface area contributed by atoms with Gasteiger partial charge < -0.3 is 15.5 Å². The molecule has 0 radical (unpaired) electrons. The average Bonchev–Trinajstić information content (AvgIpc) is 3.56. The molecular formula is C24H17F7N2O3. The molecule has 0 spiro atoms. The standard InChI is InChI=1S/C24H17F7N2O3/c25-19-5-3-15(23(26,27)28)10-18(19)21(7-8-21)13-22(36,6-1-9-34)20(35)33-16-4-2-14(12-32)17(11-16)24(29,30)31/h2-5,10-11,34,36H,7-9,13H2,(H,33,35). The van der Waals surface area contributed by atoms with Crippen LogP contribution in [0.5, 0.6) is 0 Å². The van der Waals surface area contributed by atoms with Crippen molar-refractivity contribution in [3.63, 3.8) is 0 Å². The van der Waals surface area contributed by atoms with Crippen LogP contribution < -0.4 is 5.32 Å². The lowest BCUT2D eigenvalue weighted by molar-refractivity contribution is -0.138. The van der Waals surface area contributed by atoms with E-state index in [0.717, 1.165) is 12.1 Å². The van der Waals surface area contributed by atoms with E-state index in [4.69, 9.17) is 10.4 Å². The van der Waals surface area contributed by atoms with Crippen LogP contribution in [0.25, 0.3) is 0 Å². The fourth-order valence-corrected chi connectivity index (χ4v) is 3.85. The molecule has 1 aliphatic rings. The van der Waals surface area contributed by atoms with Gasteiger partial charge in [0, 0.05) is 17.5 Å². The number of carbonyl (C=O) groups excluding carboxylic acids is 1. The summed E-state index contributed by atoms with van der Waals surface area (Å²) >= 11 is 0. The molecule has 3 rings (SSSR count). The Balaban J connectivity index is 1.97. The molecule has 190 valence electrons. The van der Waals surface area contributed by atoms with Crippen molar-refractivity contribution >= 4 is 11.6 Å². The Hall–Kier alpha value is -3.61. The fraction of sp³-hybridized carbons (Fsp3) is 0.333. The second-order valence-electron chi connectivity index (χ2n) is 8.29. The van der Waals surface area contributed by atoms with Gasteiger partial charge in [-0.1, -0.05) is 11.8 Å². The summed E-state index contributed by atoms with van der Waals surface area (Å²) in [5, 5.41) is 31.0. The highest BCUT2D eigenvalue weighted by atomic mass is 19.4. The first-order chi connectivity index (χ1) is 16.6. The number of rotatable bonds is 5. The molecule has 0 aliphatic heterocycles. The predicted molar refractivity (Wildman–Crippen MR) is 112 cm³/mol. The number of amides is 1. The number of halogens is 7. The number of hydrogen-bond acceptors (Lipinski definition) is 4. The molecule has 1 unspecified atom stereocenters. The summed E-state index contributed by atoms with van der Waals surface area (Å²) in [6.07, 6.45) is -10.2. The van der Waals surface area contributed by atoms with Crippen molar-refractivity contribution in [2.75, 3.05) is 11.9 Å². The van der Waals surface area contributed by atoms with Crippen LogP contribution in [0.4, 0.5) is 36.4 Å². The first-order valence-electron chi connectivity index (χ1n) is 10.3. The van der Waals surface area contributed by atoms with E-state index < -0.39 is 76.1 Å². The van der Waals surface area contributed by atoms with E-state index in [1.807, 2.05) is 0 Å². The fourth-order valence-electron chi connectivity index (χ4n) is 3.85. The molecular weight excluding hydrogens is 497 g/mol. The van der Waals surface area contributed by atoms with Gasteiger partial charge in [0.05, 0.1) is 22.8 Å². The summed E-state index contributed by atoms with van der Waals surface area (Å²) in [5.41, 5.74) is -8.19. The van der Waals surface area contributed by atoms with Crippen LogP contribution in [0.2, 0.25) is 0 Å². The van der Waals surface area contributed by atoms with Gasteiger partial charge in [0.1, 0.15) is 12.4 Å². The van der Waals surface area contributed by atoms with Gasteiger partial charge in [0.15, 0.2) is 0 Å². The summed E-state index contributed by atoms with van der Waals surface area (Å²) in [7, 11) is 0. The molecule has 1 fully saturated rings. The molecule has 0 saturated heterocycles. The van der Waals surface area contributed by atoms with Crippen molar-refractivity contribution < 1.29 is 45.7 Å². The topological polar surface area (TPSA) is 93.4 Å². The van der Waals surface area contributed by atoms with E-state index in [-0.39, 0.29) is 12.8 Å². The van der Waals surface area contributed by atoms with Gasteiger partial charge in [-0.3, -0.25) is 4.79 Å². The van der Waals surface area contributed by atoms with Gasteiger partial charge in [0.2, 0.25) is 5.60 Å². The number of anilines is 1. The number of aliphatic hydroxyl groups is 2. The zero-order valence-corrected chi connectivity index (χ0v) is 18.2. The second-order valence-corrected chi connectivity index (χ2v) is 8.29. The van der Waals surface area contributed by atoms with E-state index in [1.54, 1.807) is 0 Å². The number of aliphatic hydroxyl groups excluding tert-OH is 1. The summed E-state index contributed by atoms with van der Waals surface area (Å²) in [5.74, 6) is 1.80. The Morgan fingerprint density at radius 1 is 1.06 bits per heavy atom. The summed E-state index contributed by atoms with van der Waals surface area (Å²) in [6, 6.07) is 5.36. The number of benzene rings is 2.